The van der Waals surface area contributed by atoms with Crippen molar-refractivity contribution in [1.29, 1.82) is 0 Å². The summed E-state index contributed by atoms with van der Waals surface area (Å²) in [5.74, 6) is 1.34. The minimum absolute atomic E-state index is 0.0453. The number of urea groups is 1. The molecule has 0 aliphatic carbocycles. The highest BCUT2D eigenvalue weighted by Gasteiger charge is 2.15. The van der Waals surface area contributed by atoms with E-state index in [1.54, 1.807) is 19.1 Å². The standard InChI is InChI=1S/C14H16N2O3/c1-4-10(5-2)15-14(19)16-12-9(3)7-6-8-11(12)13(17)18/h1,6-8,10H,5H2,2-3H3,(H,17,18)(H2,15,16,19). The lowest BCUT2D eigenvalue weighted by molar-refractivity contribution is 0.0698. The molecule has 2 amide bonds. The summed E-state index contributed by atoms with van der Waals surface area (Å²) in [5, 5.41) is 14.2. The van der Waals surface area contributed by atoms with Crippen molar-refractivity contribution >= 4 is 17.7 Å². The molecular weight excluding hydrogens is 244 g/mol. The van der Waals surface area contributed by atoms with Crippen molar-refractivity contribution in [3.05, 3.63) is 29.3 Å². The molecule has 0 aromatic heterocycles. The van der Waals surface area contributed by atoms with E-state index < -0.39 is 12.0 Å². The van der Waals surface area contributed by atoms with E-state index in [2.05, 4.69) is 16.6 Å². The number of para-hydroxylation sites is 1. The second-order valence-electron chi connectivity index (χ2n) is 4.03. The maximum atomic E-state index is 11.8. The Hall–Kier alpha value is -2.48. The van der Waals surface area contributed by atoms with Crippen molar-refractivity contribution in [2.75, 3.05) is 5.32 Å². The van der Waals surface area contributed by atoms with Gasteiger partial charge in [-0.1, -0.05) is 25.0 Å². The van der Waals surface area contributed by atoms with Crippen LogP contribution in [0.1, 0.15) is 29.3 Å². The molecule has 0 saturated heterocycles. The Balaban J connectivity index is 2.91. The van der Waals surface area contributed by atoms with Crippen LogP contribution in [0.2, 0.25) is 0 Å². The Labute approximate surface area is 112 Å². The van der Waals surface area contributed by atoms with Crippen LogP contribution in [0.25, 0.3) is 0 Å². The molecule has 1 rings (SSSR count). The molecule has 0 saturated carbocycles. The van der Waals surface area contributed by atoms with Gasteiger partial charge < -0.3 is 15.7 Å². The van der Waals surface area contributed by atoms with Gasteiger partial charge in [-0.2, -0.15) is 0 Å². The van der Waals surface area contributed by atoms with Crippen LogP contribution in [0.15, 0.2) is 18.2 Å². The van der Waals surface area contributed by atoms with Gasteiger partial charge in [-0.25, -0.2) is 9.59 Å². The topological polar surface area (TPSA) is 78.4 Å². The van der Waals surface area contributed by atoms with Gasteiger partial charge in [-0.3, -0.25) is 0 Å². The number of carboxylic acids is 1. The van der Waals surface area contributed by atoms with Gasteiger partial charge in [0, 0.05) is 0 Å². The lowest BCUT2D eigenvalue weighted by Crippen LogP contribution is -2.37. The second-order valence-corrected chi connectivity index (χ2v) is 4.03. The molecular formula is C14H16N2O3. The zero-order valence-corrected chi connectivity index (χ0v) is 10.9. The third-order valence-corrected chi connectivity index (χ3v) is 2.66. The highest BCUT2D eigenvalue weighted by molar-refractivity contribution is 6.01. The first kappa shape index (κ1) is 14.6. The fourth-order valence-electron chi connectivity index (χ4n) is 1.58. The van der Waals surface area contributed by atoms with Crippen LogP contribution < -0.4 is 10.6 Å². The predicted octanol–water partition coefficient (Wildman–Crippen LogP) is 2.23. The first-order valence-electron chi connectivity index (χ1n) is 5.86. The third-order valence-electron chi connectivity index (χ3n) is 2.66. The summed E-state index contributed by atoms with van der Waals surface area (Å²) in [5.41, 5.74) is 0.993. The summed E-state index contributed by atoms with van der Waals surface area (Å²) < 4.78 is 0. The van der Waals surface area contributed by atoms with E-state index in [-0.39, 0.29) is 17.3 Å². The first-order chi connectivity index (χ1) is 8.99. The SMILES string of the molecule is C#CC(CC)NC(=O)Nc1c(C)cccc1C(=O)O. The van der Waals surface area contributed by atoms with Gasteiger partial charge >= 0.3 is 12.0 Å². The molecule has 100 valence electrons. The van der Waals surface area contributed by atoms with E-state index in [0.717, 1.165) is 0 Å². The van der Waals surface area contributed by atoms with Gasteiger partial charge in [0.2, 0.25) is 0 Å². The lowest BCUT2D eigenvalue weighted by atomic mass is 10.1. The summed E-state index contributed by atoms with van der Waals surface area (Å²) in [6.07, 6.45) is 5.85. The number of carbonyl (C=O) groups is 2. The monoisotopic (exact) mass is 260 g/mol. The number of benzene rings is 1. The largest absolute Gasteiger partial charge is 0.478 e. The second kappa shape index (κ2) is 6.45. The quantitative estimate of drug-likeness (QED) is 0.726. The normalized spacial score (nSPS) is 11.2. The van der Waals surface area contributed by atoms with Crippen LogP contribution in [-0.2, 0) is 0 Å². The molecule has 1 unspecified atom stereocenters. The number of amides is 2. The minimum atomic E-state index is -1.09. The molecule has 1 atom stereocenters. The molecule has 0 heterocycles. The van der Waals surface area contributed by atoms with Crippen molar-refractivity contribution in [1.82, 2.24) is 5.32 Å². The Morgan fingerprint density at radius 2 is 2.16 bits per heavy atom. The van der Waals surface area contributed by atoms with Gasteiger partial charge in [-0.15, -0.1) is 6.42 Å². The number of nitrogens with one attached hydrogen (secondary N) is 2. The molecule has 0 aliphatic heterocycles. The van der Waals surface area contributed by atoms with Crippen LogP contribution in [0, 0.1) is 19.3 Å². The van der Waals surface area contributed by atoms with Crippen LogP contribution >= 0.6 is 0 Å². The lowest BCUT2D eigenvalue weighted by Gasteiger charge is -2.14. The zero-order valence-electron chi connectivity index (χ0n) is 10.9. The van der Waals surface area contributed by atoms with Gasteiger partial charge in [0.25, 0.3) is 0 Å². The van der Waals surface area contributed by atoms with Crippen molar-refractivity contribution in [2.24, 2.45) is 0 Å². The average molecular weight is 260 g/mol. The van der Waals surface area contributed by atoms with Crippen LogP contribution in [0.4, 0.5) is 10.5 Å². The Morgan fingerprint density at radius 3 is 2.68 bits per heavy atom. The fraction of sp³-hybridized carbons (Fsp3) is 0.286. The van der Waals surface area contributed by atoms with E-state index >= 15 is 0 Å². The van der Waals surface area contributed by atoms with Crippen molar-refractivity contribution in [2.45, 2.75) is 26.3 Å². The first-order valence-corrected chi connectivity index (χ1v) is 5.86. The number of aryl methyl sites for hydroxylation is 1. The number of carboxylic acid groups (broad SMARTS) is 1. The smallest absolute Gasteiger partial charge is 0.337 e. The molecule has 5 heteroatoms. The fourth-order valence-corrected chi connectivity index (χ4v) is 1.58. The maximum Gasteiger partial charge on any atom is 0.337 e. The number of hydrogen-bond acceptors (Lipinski definition) is 2. The zero-order chi connectivity index (χ0) is 14.4. The Bertz CT molecular complexity index is 532. The molecule has 0 spiro atoms. The van der Waals surface area contributed by atoms with E-state index in [0.29, 0.717) is 12.0 Å². The maximum absolute atomic E-state index is 11.8. The number of terminal acetylenes is 1. The van der Waals surface area contributed by atoms with Gasteiger partial charge in [0.1, 0.15) is 0 Å². The van der Waals surface area contributed by atoms with Crippen molar-refractivity contribution in [3.63, 3.8) is 0 Å². The van der Waals surface area contributed by atoms with Gasteiger partial charge in [0.05, 0.1) is 17.3 Å². The predicted molar refractivity (Wildman–Crippen MR) is 73.2 cm³/mol. The number of anilines is 1. The third kappa shape index (κ3) is 3.75. The summed E-state index contributed by atoms with van der Waals surface area (Å²) in [6, 6.07) is 3.89. The number of rotatable bonds is 4. The minimum Gasteiger partial charge on any atom is -0.478 e. The summed E-state index contributed by atoms with van der Waals surface area (Å²) >= 11 is 0. The van der Waals surface area contributed by atoms with Gasteiger partial charge in [-0.05, 0) is 25.0 Å². The van der Waals surface area contributed by atoms with E-state index in [9.17, 15) is 9.59 Å². The van der Waals surface area contributed by atoms with Crippen LogP contribution in [-0.4, -0.2) is 23.1 Å². The molecule has 19 heavy (non-hydrogen) atoms. The molecule has 0 aliphatic rings. The number of carbonyl (C=O) groups excluding carboxylic acids is 1. The van der Waals surface area contributed by atoms with E-state index in [1.165, 1.54) is 6.07 Å². The van der Waals surface area contributed by atoms with E-state index in [4.69, 9.17) is 11.5 Å². The highest BCUT2D eigenvalue weighted by atomic mass is 16.4. The average Bonchev–Trinajstić information content (AvgIpc) is 2.38. The summed E-state index contributed by atoms with van der Waals surface area (Å²) in [4.78, 5) is 22.8. The number of aromatic carboxylic acids is 1. The van der Waals surface area contributed by atoms with Gasteiger partial charge in [0.15, 0.2) is 0 Å². The van der Waals surface area contributed by atoms with E-state index in [1.807, 2.05) is 6.92 Å². The van der Waals surface area contributed by atoms with Crippen molar-refractivity contribution in [3.8, 4) is 12.3 Å². The molecule has 0 fully saturated rings. The molecule has 1 aromatic carbocycles. The summed E-state index contributed by atoms with van der Waals surface area (Å²) in [7, 11) is 0. The molecule has 0 bridgehead atoms. The highest BCUT2D eigenvalue weighted by Crippen LogP contribution is 2.20. The Morgan fingerprint density at radius 1 is 1.47 bits per heavy atom. The van der Waals surface area contributed by atoms with Crippen LogP contribution in [0.3, 0.4) is 0 Å². The summed E-state index contributed by atoms with van der Waals surface area (Å²) in [6.45, 7) is 3.57. The van der Waals surface area contributed by atoms with Crippen LogP contribution in [0.5, 0.6) is 0 Å². The molecule has 1 aromatic rings. The molecule has 3 N–H and O–H groups in total. The number of hydrogen-bond donors (Lipinski definition) is 3. The molecule has 0 radical (unpaired) electrons. The Kier molecular flexibility index (Phi) is 4.95. The van der Waals surface area contributed by atoms with Crippen molar-refractivity contribution < 1.29 is 14.7 Å². The molecule has 5 nitrogen and oxygen atoms in total.